The maximum atomic E-state index is 11.0. The molecule has 0 saturated heterocycles. The number of carbonyl (C=O) groups excluding carboxylic acids is 2. The highest BCUT2D eigenvalue weighted by Gasteiger charge is 2.19. The Labute approximate surface area is 75.0 Å². The predicted octanol–water partition coefficient (Wildman–Crippen LogP) is 0.779. The molecule has 1 amide bonds. The van der Waals surface area contributed by atoms with Crippen LogP contribution in [0.2, 0.25) is 0 Å². The summed E-state index contributed by atoms with van der Waals surface area (Å²) in [5.41, 5.74) is 1.25. The zero-order valence-electron chi connectivity index (χ0n) is 7.13. The van der Waals surface area contributed by atoms with E-state index in [2.05, 4.69) is 10.3 Å². The number of hydrogen-bond donors (Lipinski definition) is 1. The van der Waals surface area contributed by atoms with Crippen molar-refractivity contribution < 1.29 is 9.59 Å². The molecular formula is C9H8N2O2. The molecule has 1 aliphatic heterocycles. The van der Waals surface area contributed by atoms with Crippen LogP contribution >= 0.6 is 0 Å². The van der Waals surface area contributed by atoms with E-state index in [9.17, 15) is 9.59 Å². The fraction of sp³-hybridized carbons (Fsp3) is 0.222. The Morgan fingerprint density at radius 2 is 2.31 bits per heavy atom. The Hall–Kier alpha value is -1.71. The molecule has 0 aromatic carbocycles. The number of amides is 1. The Balaban J connectivity index is 2.45. The minimum atomic E-state index is -0.0936. The third kappa shape index (κ3) is 1.30. The summed E-state index contributed by atoms with van der Waals surface area (Å²) < 4.78 is 0. The molecule has 0 fully saturated rings. The van der Waals surface area contributed by atoms with Crippen LogP contribution in [0.1, 0.15) is 23.0 Å². The Morgan fingerprint density at radius 3 is 3.00 bits per heavy atom. The topological polar surface area (TPSA) is 59.1 Å². The molecule has 0 unspecified atom stereocenters. The van der Waals surface area contributed by atoms with Gasteiger partial charge in [0.05, 0.1) is 6.42 Å². The molecule has 4 nitrogen and oxygen atoms in total. The summed E-state index contributed by atoms with van der Waals surface area (Å²) in [7, 11) is 0. The van der Waals surface area contributed by atoms with Gasteiger partial charge in [0, 0.05) is 12.5 Å². The number of ketones is 1. The SMILES string of the molecule is CC(=O)c1ccc2c(n1)NC(=O)C2. The largest absolute Gasteiger partial charge is 0.310 e. The van der Waals surface area contributed by atoms with Crippen molar-refractivity contribution in [1.29, 1.82) is 0 Å². The Morgan fingerprint density at radius 1 is 1.54 bits per heavy atom. The highest BCUT2D eigenvalue weighted by molar-refractivity contribution is 5.99. The van der Waals surface area contributed by atoms with E-state index in [1.165, 1.54) is 6.92 Å². The van der Waals surface area contributed by atoms with Gasteiger partial charge in [-0.1, -0.05) is 6.07 Å². The lowest BCUT2D eigenvalue weighted by atomic mass is 10.2. The first-order valence-corrected chi connectivity index (χ1v) is 3.97. The number of fused-ring (bicyclic) bond motifs is 1. The lowest BCUT2D eigenvalue weighted by Gasteiger charge is -1.98. The molecule has 4 heteroatoms. The van der Waals surface area contributed by atoms with E-state index in [0.717, 1.165) is 5.56 Å². The minimum Gasteiger partial charge on any atom is -0.310 e. The number of Topliss-reactive ketones (excluding diaryl/α,β-unsaturated/α-hetero) is 1. The third-order valence-corrected chi connectivity index (χ3v) is 1.95. The highest BCUT2D eigenvalue weighted by atomic mass is 16.2. The van der Waals surface area contributed by atoms with Crippen molar-refractivity contribution >= 4 is 17.5 Å². The molecule has 2 heterocycles. The van der Waals surface area contributed by atoms with E-state index in [0.29, 0.717) is 17.9 Å². The maximum absolute atomic E-state index is 11.0. The zero-order valence-corrected chi connectivity index (χ0v) is 7.13. The van der Waals surface area contributed by atoms with Gasteiger partial charge in [0.1, 0.15) is 11.5 Å². The van der Waals surface area contributed by atoms with Crippen molar-refractivity contribution in [1.82, 2.24) is 4.98 Å². The van der Waals surface area contributed by atoms with Crippen molar-refractivity contribution in [2.24, 2.45) is 0 Å². The van der Waals surface area contributed by atoms with Crippen LogP contribution in [0.15, 0.2) is 12.1 Å². The number of rotatable bonds is 1. The first-order valence-electron chi connectivity index (χ1n) is 3.97. The van der Waals surface area contributed by atoms with Crippen LogP contribution in [0.3, 0.4) is 0 Å². The summed E-state index contributed by atoms with van der Waals surface area (Å²) in [6, 6.07) is 3.40. The van der Waals surface area contributed by atoms with Crippen LogP contribution in [-0.4, -0.2) is 16.7 Å². The highest BCUT2D eigenvalue weighted by Crippen LogP contribution is 2.20. The number of aromatic nitrogens is 1. The predicted molar refractivity (Wildman–Crippen MR) is 46.6 cm³/mol. The molecule has 13 heavy (non-hydrogen) atoms. The molecule has 1 N–H and O–H groups in total. The van der Waals surface area contributed by atoms with Crippen LogP contribution < -0.4 is 5.32 Å². The number of carbonyl (C=O) groups is 2. The van der Waals surface area contributed by atoms with Crippen LogP contribution in [0.4, 0.5) is 5.82 Å². The van der Waals surface area contributed by atoms with Gasteiger partial charge in [0.2, 0.25) is 5.91 Å². The number of hydrogen-bond acceptors (Lipinski definition) is 3. The van der Waals surface area contributed by atoms with Gasteiger partial charge in [-0.2, -0.15) is 0 Å². The summed E-state index contributed by atoms with van der Waals surface area (Å²) in [6.45, 7) is 1.45. The number of anilines is 1. The van der Waals surface area contributed by atoms with Crippen molar-refractivity contribution in [2.45, 2.75) is 13.3 Å². The molecule has 0 bridgehead atoms. The first kappa shape index (κ1) is 7.91. The smallest absolute Gasteiger partial charge is 0.230 e. The second-order valence-corrected chi connectivity index (χ2v) is 2.99. The number of pyridine rings is 1. The normalized spacial score (nSPS) is 13.8. The second kappa shape index (κ2) is 2.65. The molecule has 1 aromatic rings. The summed E-state index contributed by atoms with van der Waals surface area (Å²) in [5.74, 6) is 0.366. The van der Waals surface area contributed by atoms with E-state index in [-0.39, 0.29) is 11.7 Å². The summed E-state index contributed by atoms with van der Waals surface area (Å²) >= 11 is 0. The molecule has 1 aromatic heterocycles. The summed E-state index contributed by atoms with van der Waals surface area (Å²) in [5, 5.41) is 2.59. The van der Waals surface area contributed by atoms with Gasteiger partial charge >= 0.3 is 0 Å². The standard InChI is InChI=1S/C9H8N2O2/c1-5(12)7-3-2-6-4-8(13)11-9(6)10-7/h2-3H,4H2,1H3,(H,10,11,13). The average Bonchev–Trinajstić information content (AvgIpc) is 2.42. The lowest BCUT2D eigenvalue weighted by molar-refractivity contribution is -0.115. The first-order chi connectivity index (χ1) is 6.16. The van der Waals surface area contributed by atoms with E-state index < -0.39 is 0 Å². The van der Waals surface area contributed by atoms with Crippen molar-refractivity contribution in [3.8, 4) is 0 Å². The van der Waals surface area contributed by atoms with E-state index >= 15 is 0 Å². The number of nitrogens with one attached hydrogen (secondary N) is 1. The van der Waals surface area contributed by atoms with Crippen molar-refractivity contribution in [2.75, 3.05) is 5.32 Å². The van der Waals surface area contributed by atoms with E-state index in [4.69, 9.17) is 0 Å². The van der Waals surface area contributed by atoms with Gasteiger partial charge < -0.3 is 5.32 Å². The average molecular weight is 176 g/mol. The summed E-state index contributed by atoms with van der Waals surface area (Å²) in [4.78, 5) is 25.9. The molecule has 0 spiro atoms. The van der Waals surface area contributed by atoms with Gasteiger partial charge in [0.25, 0.3) is 0 Å². The zero-order chi connectivity index (χ0) is 9.42. The maximum Gasteiger partial charge on any atom is 0.230 e. The summed E-state index contributed by atoms with van der Waals surface area (Å²) in [6.07, 6.45) is 0.362. The van der Waals surface area contributed by atoms with Gasteiger partial charge in [-0.25, -0.2) is 4.98 Å². The van der Waals surface area contributed by atoms with Crippen LogP contribution in [0.25, 0.3) is 0 Å². The van der Waals surface area contributed by atoms with E-state index in [1.807, 2.05) is 0 Å². The minimum absolute atomic E-state index is 0.0665. The molecule has 0 atom stereocenters. The fourth-order valence-electron chi connectivity index (χ4n) is 1.28. The Bertz CT molecular complexity index is 399. The molecular weight excluding hydrogens is 168 g/mol. The molecule has 0 radical (unpaired) electrons. The van der Waals surface area contributed by atoms with Crippen LogP contribution in [-0.2, 0) is 11.2 Å². The molecule has 66 valence electrons. The van der Waals surface area contributed by atoms with Crippen molar-refractivity contribution in [3.63, 3.8) is 0 Å². The van der Waals surface area contributed by atoms with Gasteiger partial charge in [-0.05, 0) is 6.07 Å². The lowest BCUT2D eigenvalue weighted by Crippen LogP contribution is -2.05. The second-order valence-electron chi connectivity index (χ2n) is 2.99. The molecule has 0 aliphatic carbocycles. The van der Waals surface area contributed by atoms with Crippen LogP contribution in [0, 0.1) is 0 Å². The van der Waals surface area contributed by atoms with E-state index in [1.54, 1.807) is 12.1 Å². The van der Waals surface area contributed by atoms with Crippen LogP contribution in [0.5, 0.6) is 0 Å². The van der Waals surface area contributed by atoms with Crippen molar-refractivity contribution in [3.05, 3.63) is 23.4 Å². The van der Waals surface area contributed by atoms with Gasteiger partial charge in [-0.3, -0.25) is 9.59 Å². The quantitative estimate of drug-likeness (QED) is 0.643. The van der Waals surface area contributed by atoms with Gasteiger partial charge in [-0.15, -0.1) is 0 Å². The molecule has 2 rings (SSSR count). The number of nitrogens with zero attached hydrogens (tertiary/aromatic N) is 1. The molecule has 1 aliphatic rings. The third-order valence-electron chi connectivity index (χ3n) is 1.95. The van der Waals surface area contributed by atoms with Gasteiger partial charge in [0.15, 0.2) is 5.78 Å². The molecule has 0 saturated carbocycles. The Kier molecular flexibility index (Phi) is 1.62. The fourth-order valence-corrected chi connectivity index (χ4v) is 1.28. The monoisotopic (exact) mass is 176 g/mol.